The van der Waals surface area contributed by atoms with Crippen LogP contribution in [0.3, 0.4) is 0 Å². The molecule has 1 heterocycles. The van der Waals surface area contributed by atoms with Gasteiger partial charge in [0.05, 0.1) is 0 Å². The van der Waals surface area contributed by atoms with E-state index < -0.39 is 10.0 Å². The number of nitrogens with zero attached hydrogens (tertiary/aromatic N) is 1. The van der Waals surface area contributed by atoms with Crippen molar-refractivity contribution in [2.45, 2.75) is 38.1 Å². The highest BCUT2D eigenvalue weighted by Gasteiger charge is 2.28. The molecule has 0 aliphatic rings. The molecule has 21 heavy (non-hydrogen) atoms. The number of rotatable bonds is 5. The van der Waals surface area contributed by atoms with Gasteiger partial charge in [-0.25, -0.2) is 8.42 Å². The molecule has 3 N–H and O–H groups in total. The van der Waals surface area contributed by atoms with Crippen molar-refractivity contribution in [3.8, 4) is 0 Å². The molecule has 5 nitrogen and oxygen atoms in total. The number of benzene rings is 1. The molecule has 0 aliphatic heterocycles. The lowest BCUT2D eigenvalue weighted by molar-refractivity contribution is 0.338. The summed E-state index contributed by atoms with van der Waals surface area (Å²) in [6, 6.07) is 5.15. The number of nitrogens with two attached hydrogens (primary N) is 1. The van der Waals surface area contributed by atoms with Gasteiger partial charge in [0, 0.05) is 35.9 Å². The Morgan fingerprint density at radius 2 is 1.95 bits per heavy atom. The average molecular weight is 309 g/mol. The Balaban J connectivity index is 2.42. The van der Waals surface area contributed by atoms with Crippen LogP contribution in [-0.4, -0.2) is 30.8 Å². The minimum atomic E-state index is -3.52. The molecule has 1 aromatic carbocycles. The summed E-state index contributed by atoms with van der Waals surface area (Å²) in [5.41, 5.74) is 7.07. The van der Waals surface area contributed by atoms with E-state index in [9.17, 15) is 8.42 Å². The quantitative estimate of drug-likeness (QED) is 0.834. The van der Waals surface area contributed by atoms with Crippen LogP contribution in [0.15, 0.2) is 29.3 Å². The molecular weight excluding hydrogens is 286 g/mol. The normalized spacial score (nSPS) is 14.2. The van der Waals surface area contributed by atoms with E-state index >= 15 is 0 Å². The second kappa shape index (κ2) is 5.69. The number of fused-ring (bicyclic) bond motifs is 1. The van der Waals surface area contributed by atoms with Crippen LogP contribution in [0.4, 0.5) is 5.69 Å². The molecule has 1 aromatic heterocycles. The van der Waals surface area contributed by atoms with Crippen molar-refractivity contribution in [2.24, 2.45) is 5.92 Å². The summed E-state index contributed by atoms with van der Waals surface area (Å²) in [6.45, 7) is 6.11. The molecule has 0 spiro atoms. The topological polar surface area (TPSA) is 79.2 Å². The summed E-state index contributed by atoms with van der Waals surface area (Å²) in [7, 11) is -1.88. The highest BCUT2D eigenvalue weighted by molar-refractivity contribution is 7.89. The molecule has 116 valence electrons. The Labute approximate surface area is 126 Å². The lowest BCUT2D eigenvalue weighted by atomic mass is 10.1. The average Bonchev–Trinajstić information content (AvgIpc) is 2.80. The largest absolute Gasteiger partial charge is 0.399 e. The zero-order chi connectivity index (χ0) is 15.8. The van der Waals surface area contributed by atoms with Gasteiger partial charge in [-0.3, -0.25) is 0 Å². The molecule has 0 fully saturated rings. The van der Waals surface area contributed by atoms with Gasteiger partial charge >= 0.3 is 0 Å². The van der Waals surface area contributed by atoms with E-state index in [2.05, 4.69) is 18.8 Å². The predicted molar refractivity (Wildman–Crippen MR) is 86.6 cm³/mol. The number of sulfonamides is 1. The van der Waals surface area contributed by atoms with Gasteiger partial charge in [0.15, 0.2) is 0 Å². The van der Waals surface area contributed by atoms with Crippen LogP contribution in [0.1, 0.15) is 27.2 Å². The first-order chi connectivity index (χ1) is 9.73. The van der Waals surface area contributed by atoms with Crippen LogP contribution in [0.2, 0.25) is 0 Å². The van der Waals surface area contributed by atoms with Crippen molar-refractivity contribution in [2.75, 3.05) is 12.8 Å². The minimum absolute atomic E-state index is 0.0475. The standard InChI is InChI=1S/C15H23N3O2S/c1-10(2)7-11(3)18(4)21(19,20)15-9-17-14-8-12(16)5-6-13(14)15/h5-6,8-11,17H,7,16H2,1-4H3. The Morgan fingerprint density at radius 3 is 2.57 bits per heavy atom. The first kappa shape index (κ1) is 15.9. The maximum atomic E-state index is 12.8. The fourth-order valence-electron chi connectivity index (χ4n) is 2.55. The van der Waals surface area contributed by atoms with Gasteiger partial charge in [0.2, 0.25) is 10.0 Å². The summed E-state index contributed by atoms with van der Waals surface area (Å²) < 4.78 is 27.0. The first-order valence-corrected chi connectivity index (χ1v) is 8.52. The molecule has 1 unspecified atom stereocenters. The highest BCUT2D eigenvalue weighted by Crippen LogP contribution is 2.28. The van der Waals surface area contributed by atoms with Gasteiger partial charge in [0.25, 0.3) is 0 Å². The summed E-state index contributed by atoms with van der Waals surface area (Å²) in [6.07, 6.45) is 2.36. The van der Waals surface area contributed by atoms with Crippen LogP contribution in [0.5, 0.6) is 0 Å². The Hall–Kier alpha value is -1.53. The Morgan fingerprint density at radius 1 is 1.29 bits per heavy atom. The molecule has 0 bridgehead atoms. The van der Waals surface area contributed by atoms with Gasteiger partial charge in [-0.05, 0) is 37.5 Å². The number of aromatic nitrogens is 1. The number of anilines is 1. The third-order valence-corrected chi connectivity index (χ3v) is 5.77. The fraction of sp³-hybridized carbons (Fsp3) is 0.467. The Bertz CT molecular complexity index is 734. The number of aromatic amines is 1. The number of nitrogens with one attached hydrogen (secondary N) is 1. The van der Waals surface area contributed by atoms with Gasteiger partial charge in [-0.1, -0.05) is 13.8 Å². The van der Waals surface area contributed by atoms with Gasteiger partial charge in [-0.2, -0.15) is 4.31 Å². The summed E-state index contributed by atoms with van der Waals surface area (Å²) >= 11 is 0. The van der Waals surface area contributed by atoms with E-state index in [1.54, 1.807) is 25.2 Å². The van der Waals surface area contributed by atoms with Crippen LogP contribution >= 0.6 is 0 Å². The second-order valence-corrected chi connectivity index (χ2v) is 7.92. The smallest absolute Gasteiger partial charge is 0.245 e. The van der Waals surface area contributed by atoms with E-state index in [-0.39, 0.29) is 6.04 Å². The number of hydrogen-bond acceptors (Lipinski definition) is 3. The van der Waals surface area contributed by atoms with Crippen LogP contribution in [0, 0.1) is 5.92 Å². The molecule has 0 saturated carbocycles. The van der Waals surface area contributed by atoms with Crippen molar-refractivity contribution in [1.82, 2.24) is 9.29 Å². The minimum Gasteiger partial charge on any atom is -0.399 e. The Kier molecular flexibility index (Phi) is 4.30. The fourth-order valence-corrected chi connectivity index (χ4v) is 4.09. The molecule has 0 saturated heterocycles. The van der Waals surface area contributed by atoms with Crippen LogP contribution < -0.4 is 5.73 Å². The molecule has 0 radical (unpaired) electrons. The van der Waals surface area contributed by atoms with Crippen LogP contribution in [-0.2, 0) is 10.0 Å². The number of hydrogen-bond donors (Lipinski definition) is 2. The summed E-state index contributed by atoms with van der Waals surface area (Å²) in [5, 5.41) is 0.674. The van der Waals surface area contributed by atoms with Crippen molar-refractivity contribution in [3.05, 3.63) is 24.4 Å². The maximum absolute atomic E-state index is 12.8. The second-order valence-electron chi connectivity index (χ2n) is 5.96. The van der Waals surface area contributed by atoms with Crippen molar-refractivity contribution >= 4 is 26.6 Å². The zero-order valence-electron chi connectivity index (χ0n) is 12.9. The van der Waals surface area contributed by atoms with Crippen molar-refractivity contribution in [1.29, 1.82) is 0 Å². The molecule has 6 heteroatoms. The van der Waals surface area contributed by atoms with Crippen LogP contribution in [0.25, 0.3) is 10.9 Å². The monoisotopic (exact) mass is 309 g/mol. The lowest BCUT2D eigenvalue weighted by Crippen LogP contribution is -2.35. The van der Waals surface area contributed by atoms with Gasteiger partial charge in [-0.15, -0.1) is 0 Å². The maximum Gasteiger partial charge on any atom is 0.245 e. The summed E-state index contributed by atoms with van der Waals surface area (Å²) in [4.78, 5) is 3.29. The molecule has 2 aromatic rings. The van der Waals surface area contributed by atoms with Gasteiger partial charge < -0.3 is 10.7 Å². The molecule has 0 amide bonds. The lowest BCUT2D eigenvalue weighted by Gasteiger charge is -2.25. The number of nitrogen functional groups attached to an aromatic ring is 1. The summed E-state index contributed by atoms with van der Waals surface area (Å²) in [5.74, 6) is 0.445. The van der Waals surface area contributed by atoms with E-state index in [0.717, 1.165) is 11.9 Å². The third kappa shape index (κ3) is 3.06. The third-order valence-electron chi connectivity index (χ3n) is 3.76. The predicted octanol–water partition coefficient (Wildman–Crippen LogP) is 2.81. The van der Waals surface area contributed by atoms with E-state index in [1.807, 2.05) is 6.92 Å². The van der Waals surface area contributed by atoms with E-state index in [1.165, 1.54) is 10.5 Å². The van der Waals surface area contributed by atoms with Crippen molar-refractivity contribution in [3.63, 3.8) is 0 Å². The SMILES string of the molecule is CC(C)CC(C)N(C)S(=O)(=O)c1c[nH]c2cc(N)ccc12. The molecule has 0 aliphatic carbocycles. The van der Waals surface area contributed by atoms with Gasteiger partial charge in [0.1, 0.15) is 4.90 Å². The van der Waals surface area contributed by atoms with E-state index in [0.29, 0.717) is 21.9 Å². The van der Waals surface area contributed by atoms with E-state index in [4.69, 9.17) is 5.73 Å². The highest BCUT2D eigenvalue weighted by atomic mass is 32.2. The van der Waals surface area contributed by atoms with Crippen molar-refractivity contribution < 1.29 is 8.42 Å². The zero-order valence-corrected chi connectivity index (χ0v) is 13.7. The first-order valence-electron chi connectivity index (χ1n) is 7.08. The molecule has 2 rings (SSSR count). The number of H-pyrrole nitrogens is 1. The molecule has 1 atom stereocenters. The molecular formula is C15H23N3O2S.